The zero-order valence-electron chi connectivity index (χ0n) is 10.9. The highest BCUT2D eigenvalue weighted by molar-refractivity contribution is 9.10. The van der Waals surface area contributed by atoms with Crippen LogP contribution in [0.1, 0.15) is 18.4 Å². The Hall–Kier alpha value is -0.320. The number of halogens is 2. The van der Waals surface area contributed by atoms with Crippen LogP contribution in [0.15, 0.2) is 16.7 Å². The number of hydrogen-bond donors (Lipinski definition) is 0. The molecule has 1 saturated heterocycles. The second kappa shape index (κ2) is 6.22. The van der Waals surface area contributed by atoms with Gasteiger partial charge in [-0.1, -0.05) is 0 Å². The first-order valence-electron chi connectivity index (χ1n) is 6.23. The predicted molar refractivity (Wildman–Crippen MR) is 80.4 cm³/mol. The van der Waals surface area contributed by atoms with Crippen molar-refractivity contribution in [3.8, 4) is 0 Å². The fraction of sp³-hybridized carbons (Fsp3) is 0.615. The number of rotatable bonds is 3. The molecule has 18 heavy (non-hydrogen) atoms. The van der Waals surface area contributed by atoms with Gasteiger partial charge in [0.1, 0.15) is 5.82 Å². The van der Waals surface area contributed by atoms with E-state index in [1.54, 1.807) is 0 Å². The number of alkyl halides is 1. The molecule has 1 aliphatic heterocycles. The van der Waals surface area contributed by atoms with Gasteiger partial charge in [-0.25, -0.2) is 4.98 Å². The van der Waals surface area contributed by atoms with Crippen molar-refractivity contribution in [2.75, 3.05) is 32.1 Å². The van der Waals surface area contributed by atoms with Gasteiger partial charge in [0.15, 0.2) is 0 Å². The van der Waals surface area contributed by atoms with E-state index in [1.807, 2.05) is 6.20 Å². The molecule has 2 heterocycles. The van der Waals surface area contributed by atoms with Crippen LogP contribution >= 0.6 is 27.5 Å². The van der Waals surface area contributed by atoms with Gasteiger partial charge in [-0.15, -0.1) is 11.6 Å². The van der Waals surface area contributed by atoms with Crippen molar-refractivity contribution in [2.24, 2.45) is 0 Å². The lowest BCUT2D eigenvalue weighted by Crippen LogP contribution is -2.45. The third kappa shape index (κ3) is 3.16. The van der Waals surface area contributed by atoms with E-state index in [9.17, 15) is 0 Å². The zero-order valence-corrected chi connectivity index (χ0v) is 13.2. The van der Waals surface area contributed by atoms with Crippen LogP contribution in [-0.2, 0) is 5.88 Å². The summed E-state index contributed by atoms with van der Waals surface area (Å²) in [4.78, 5) is 9.20. The monoisotopic (exact) mass is 331 g/mol. The number of aromatic nitrogens is 1. The summed E-state index contributed by atoms with van der Waals surface area (Å²) in [5, 5.41) is 0. The van der Waals surface area contributed by atoms with Gasteiger partial charge < -0.3 is 9.80 Å². The maximum absolute atomic E-state index is 6.02. The number of pyridine rings is 1. The van der Waals surface area contributed by atoms with Crippen molar-refractivity contribution in [3.05, 3.63) is 22.3 Å². The quantitative estimate of drug-likeness (QED) is 0.793. The number of hydrogen-bond acceptors (Lipinski definition) is 3. The van der Waals surface area contributed by atoms with Crippen molar-refractivity contribution >= 4 is 33.3 Å². The third-order valence-corrected chi connectivity index (χ3v) is 4.20. The Morgan fingerprint density at radius 2 is 2.33 bits per heavy atom. The van der Waals surface area contributed by atoms with Crippen molar-refractivity contribution < 1.29 is 0 Å². The second-order valence-corrected chi connectivity index (χ2v) is 6.16. The minimum atomic E-state index is 0.505. The van der Waals surface area contributed by atoms with Crippen LogP contribution in [0.3, 0.4) is 0 Å². The van der Waals surface area contributed by atoms with Gasteiger partial charge in [0.2, 0.25) is 0 Å². The normalized spacial score (nSPS) is 20.5. The topological polar surface area (TPSA) is 19.4 Å². The fourth-order valence-corrected chi connectivity index (χ4v) is 3.00. The summed E-state index contributed by atoms with van der Waals surface area (Å²) in [5.41, 5.74) is 1.10. The molecule has 1 unspecified atom stereocenters. The van der Waals surface area contributed by atoms with Gasteiger partial charge >= 0.3 is 0 Å². The summed E-state index contributed by atoms with van der Waals surface area (Å²) in [5.74, 6) is 1.55. The molecule has 0 aliphatic carbocycles. The Kier molecular flexibility index (Phi) is 4.87. The Balaban J connectivity index is 2.20. The molecule has 0 amide bonds. The minimum absolute atomic E-state index is 0.505. The SMILES string of the molecule is CN(C)C1CCCN(c2ncc(Br)cc2CCl)C1. The van der Waals surface area contributed by atoms with Gasteiger partial charge in [-0.2, -0.15) is 0 Å². The average Bonchev–Trinajstić information content (AvgIpc) is 2.38. The van der Waals surface area contributed by atoms with Crippen LogP contribution in [0.4, 0.5) is 5.82 Å². The Morgan fingerprint density at radius 3 is 3.00 bits per heavy atom. The molecule has 1 atom stereocenters. The van der Waals surface area contributed by atoms with E-state index in [4.69, 9.17) is 11.6 Å². The maximum Gasteiger partial charge on any atom is 0.133 e. The molecular weight excluding hydrogens is 314 g/mol. The van der Waals surface area contributed by atoms with E-state index in [-0.39, 0.29) is 0 Å². The molecular formula is C13H19BrClN3. The Labute approximate surface area is 122 Å². The number of piperidine rings is 1. The maximum atomic E-state index is 6.02. The molecule has 1 aromatic rings. The highest BCUT2D eigenvalue weighted by Gasteiger charge is 2.23. The molecule has 1 fully saturated rings. The summed E-state index contributed by atoms with van der Waals surface area (Å²) < 4.78 is 0.989. The van der Waals surface area contributed by atoms with Gasteiger partial charge in [-0.05, 0) is 48.9 Å². The van der Waals surface area contributed by atoms with Crippen molar-refractivity contribution in [1.29, 1.82) is 0 Å². The lowest BCUT2D eigenvalue weighted by Gasteiger charge is -2.37. The first-order valence-corrected chi connectivity index (χ1v) is 7.56. The highest BCUT2D eigenvalue weighted by Crippen LogP contribution is 2.26. The smallest absolute Gasteiger partial charge is 0.133 e. The molecule has 2 rings (SSSR count). The average molecular weight is 333 g/mol. The summed E-state index contributed by atoms with van der Waals surface area (Å²) in [6, 6.07) is 2.67. The fourth-order valence-electron chi connectivity index (χ4n) is 2.43. The molecule has 0 radical (unpaired) electrons. The first-order chi connectivity index (χ1) is 8.61. The zero-order chi connectivity index (χ0) is 13.1. The van der Waals surface area contributed by atoms with Crippen LogP contribution in [-0.4, -0.2) is 43.1 Å². The third-order valence-electron chi connectivity index (χ3n) is 3.48. The van der Waals surface area contributed by atoms with Crippen LogP contribution < -0.4 is 4.90 Å². The summed E-state index contributed by atoms with van der Waals surface area (Å²) >= 11 is 9.47. The van der Waals surface area contributed by atoms with Crippen molar-refractivity contribution in [1.82, 2.24) is 9.88 Å². The number of anilines is 1. The molecule has 5 heteroatoms. The van der Waals surface area contributed by atoms with Gasteiger partial charge in [0, 0.05) is 35.4 Å². The molecule has 0 saturated carbocycles. The second-order valence-electron chi connectivity index (χ2n) is 4.98. The summed E-state index contributed by atoms with van der Waals surface area (Å²) in [7, 11) is 4.29. The Morgan fingerprint density at radius 1 is 1.56 bits per heavy atom. The molecule has 3 nitrogen and oxygen atoms in total. The lowest BCUT2D eigenvalue weighted by atomic mass is 10.0. The molecule has 0 bridgehead atoms. The molecule has 1 aliphatic rings. The van der Waals surface area contributed by atoms with E-state index in [1.165, 1.54) is 12.8 Å². The Bertz CT molecular complexity index is 411. The van der Waals surface area contributed by atoms with E-state index < -0.39 is 0 Å². The molecule has 0 spiro atoms. The summed E-state index contributed by atoms with van der Waals surface area (Å²) in [6.07, 6.45) is 4.32. The predicted octanol–water partition coefficient (Wildman–Crippen LogP) is 3.11. The van der Waals surface area contributed by atoms with Crippen LogP contribution in [0, 0.1) is 0 Å². The minimum Gasteiger partial charge on any atom is -0.355 e. The van der Waals surface area contributed by atoms with Crippen LogP contribution in [0.5, 0.6) is 0 Å². The molecule has 1 aromatic heterocycles. The van der Waals surface area contributed by atoms with Gasteiger partial charge in [0.25, 0.3) is 0 Å². The summed E-state index contributed by atoms with van der Waals surface area (Å²) in [6.45, 7) is 2.11. The van der Waals surface area contributed by atoms with Crippen molar-refractivity contribution in [2.45, 2.75) is 24.8 Å². The van der Waals surface area contributed by atoms with Gasteiger partial charge in [-0.3, -0.25) is 0 Å². The van der Waals surface area contributed by atoms with Crippen molar-refractivity contribution in [3.63, 3.8) is 0 Å². The standard InChI is InChI=1S/C13H19BrClN3/c1-17(2)12-4-3-5-18(9-12)13-10(7-15)6-11(14)8-16-13/h6,8,12H,3-5,7,9H2,1-2H3. The van der Waals surface area contributed by atoms with Crippen LogP contribution in [0.2, 0.25) is 0 Å². The van der Waals surface area contributed by atoms with Gasteiger partial charge in [0.05, 0.1) is 5.88 Å². The largest absolute Gasteiger partial charge is 0.355 e. The lowest BCUT2D eigenvalue weighted by molar-refractivity contribution is 0.257. The molecule has 0 aromatic carbocycles. The molecule has 100 valence electrons. The van der Waals surface area contributed by atoms with E-state index in [0.29, 0.717) is 11.9 Å². The number of nitrogens with zero attached hydrogens (tertiary/aromatic N) is 3. The van der Waals surface area contributed by atoms with E-state index in [2.05, 4.69) is 50.9 Å². The first kappa shape index (κ1) is 14.1. The van der Waals surface area contributed by atoms with E-state index >= 15 is 0 Å². The molecule has 0 N–H and O–H groups in total. The highest BCUT2D eigenvalue weighted by atomic mass is 79.9. The van der Waals surface area contributed by atoms with E-state index in [0.717, 1.165) is 28.9 Å². The van der Waals surface area contributed by atoms with Crippen LogP contribution in [0.25, 0.3) is 0 Å². The number of likely N-dealkylation sites (N-methyl/N-ethyl adjacent to an activating group) is 1.